The lowest BCUT2D eigenvalue weighted by Crippen LogP contribution is -2.30. The number of carbonyl (C=O) groups excluding carboxylic acids is 2. The summed E-state index contributed by atoms with van der Waals surface area (Å²) in [6.07, 6.45) is 5.21. The fraction of sp³-hybridized carbons (Fsp3) is 0.105. The first-order valence-corrected chi connectivity index (χ1v) is 9.24. The van der Waals surface area contributed by atoms with Crippen LogP contribution in [0.3, 0.4) is 0 Å². The number of H-pyrrole nitrogens is 1. The number of benzene rings is 1. The van der Waals surface area contributed by atoms with Crippen molar-refractivity contribution < 1.29 is 14.0 Å². The molecule has 3 heterocycles. The molecule has 1 amide bonds. The molecule has 0 unspecified atom stereocenters. The highest BCUT2D eigenvalue weighted by Gasteiger charge is 2.32. The number of aromatic nitrogens is 1. The summed E-state index contributed by atoms with van der Waals surface area (Å²) in [5.41, 5.74) is 1.43. The number of furan rings is 1. The van der Waals surface area contributed by atoms with Crippen molar-refractivity contribution in [1.82, 2.24) is 9.88 Å². The Kier molecular flexibility index (Phi) is 4.48. The van der Waals surface area contributed by atoms with Gasteiger partial charge in [0.1, 0.15) is 10.1 Å². The Bertz CT molecular complexity index is 1030. The molecule has 1 fully saturated rings. The van der Waals surface area contributed by atoms with Gasteiger partial charge in [0.05, 0.1) is 11.2 Å². The number of nitrogens with one attached hydrogen (secondary N) is 1. The molecular formula is C19H14N2O3S2. The van der Waals surface area contributed by atoms with Gasteiger partial charge in [0.15, 0.2) is 5.78 Å². The molecule has 5 nitrogen and oxygen atoms in total. The minimum absolute atomic E-state index is 0.214. The van der Waals surface area contributed by atoms with E-state index >= 15 is 0 Å². The molecule has 130 valence electrons. The Morgan fingerprint density at radius 2 is 2.12 bits per heavy atom. The molecule has 1 aliphatic rings. The second-order valence-corrected chi connectivity index (χ2v) is 7.45. The number of carbonyl (C=O) groups is 2. The molecule has 4 rings (SSSR count). The van der Waals surface area contributed by atoms with E-state index in [-0.39, 0.29) is 11.7 Å². The lowest BCUT2D eigenvalue weighted by Gasteiger charge is -2.12. The third-order valence-electron chi connectivity index (χ3n) is 4.15. The molecule has 0 aliphatic carbocycles. The van der Waals surface area contributed by atoms with Crippen molar-refractivity contribution in [2.24, 2.45) is 0 Å². The van der Waals surface area contributed by atoms with Gasteiger partial charge in [0.25, 0.3) is 5.91 Å². The van der Waals surface area contributed by atoms with Crippen LogP contribution in [-0.2, 0) is 11.2 Å². The maximum atomic E-state index is 12.6. The van der Waals surface area contributed by atoms with E-state index in [1.165, 1.54) is 11.0 Å². The summed E-state index contributed by atoms with van der Waals surface area (Å²) in [5.74, 6) is 0.339. The predicted octanol–water partition coefficient (Wildman–Crippen LogP) is 3.93. The van der Waals surface area contributed by atoms with Gasteiger partial charge in [-0.2, -0.15) is 0 Å². The molecule has 0 spiro atoms. The van der Waals surface area contributed by atoms with Crippen molar-refractivity contribution in [2.75, 3.05) is 6.54 Å². The molecule has 1 N–H and O–H groups in total. The van der Waals surface area contributed by atoms with Gasteiger partial charge in [0.2, 0.25) is 0 Å². The number of nitrogens with zero attached hydrogens (tertiary/aromatic N) is 1. The zero-order chi connectivity index (χ0) is 18.1. The fourth-order valence-electron chi connectivity index (χ4n) is 2.84. The third kappa shape index (κ3) is 3.11. The maximum absolute atomic E-state index is 12.6. The number of rotatable bonds is 5. The summed E-state index contributed by atoms with van der Waals surface area (Å²) in [4.78, 5) is 30.2. The number of para-hydroxylation sites is 1. The number of hydrogen-bond donors (Lipinski definition) is 1. The van der Waals surface area contributed by atoms with Crippen LogP contribution in [0.2, 0.25) is 0 Å². The smallest absolute Gasteiger partial charge is 0.266 e. The largest absolute Gasteiger partial charge is 0.469 e. The number of thioether (sulfide) groups is 1. The van der Waals surface area contributed by atoms with Crippen molar-refractivity contribution in [2.45, 2.75) is 6.42 Å². The zero-order valence-corrected chi connectivity index (χ0v) is 15.2. The van der Waals surface area contributed by atoms with Gasteiger partial charge in [-0.25, -0.2) is 0 Å². The number of allylic oxidation sites excluding steroid dienone is 1. The molecule has 2 aromatic heterocycles. The van der Waals surface area contributed by atoms with E-state index in [0.717, 1.165) is 28.4 Å². The van der Waals surface area contributed by atoms with E-state index in [1.54, 1.807) is 18.5 Å². The molecule has 0 radical (unpaired) electrons. The minimum atomic E-state index is -0.236. The maximum Gasteiger partial charge on any atom is 0.266 e. The first-order chi connectivity index (χ1) is 12.6. The first-order valence-electron chi connectivity index (χ1n) is 8.01. The van der Waals surface area contributed by atoms with Crippen molar-refractivity contribution in [1.29, 1.82) is 0 Å². The van der Waals surface area contributed by atoms with Crippen LogP contribution in [-0.4, -0.2) is 32.4 Å². The molecule has 0 atom stereocenters. The van der Waals surface area contributed by atoms with Crippen molar-refractivity contribution in [3.63, 3.8) is 0 Å². The summed E-state index contributed by atoms with van der Waals surface area (Å²) < 4.78 is 5.74. The molecule has 0 saturated carbocycles. The fourth-order valence-corrected chi connectivity index (χ4v) is 4.12. The van der Waals surface area contributed by atoms with Crippen LogP contribution in [0.1, 0.15) is 16.1 Å². The number of aromatic amines is 1. The highest BCUT2D eigenvalue weighted by Crippen LogP contribution is 2.32. The van der Waals surface area contributed by atoms with Crippen molar-refractivity contribution in [3.05, 3.63) is 71.2 Å². The standard InChI is InChI=1S/C19H14N2O3S2/c22-16(14-11-20-15-6-2-1-5-13(14)15)10-17-18(23)21(19(25)26-17)8-7-12-4-3-9-24-12/h1-6,9-11,20H,7-8H2/b17-10-. The van der Waals surface area contributed by atoms with Crippen LogP contribution >= 0.6 is 24.0 Å². The second-order valence-electron chi connectivity index (χ2n) is 5.77. The lowest BCUT2D eigenvalue weighted by atomic mass is 10.1. The Balaban J connectivity index is 1.53. The number of amides is 1. The van der Waals surface area contributed by atoms with Crippen LogP contribution in [0.25, 0.3) is 10.9 Å². The third-order valence-corrected chi connectivity index (χ3v) is 5.53. The van der Waals surface area contributed by atoms with Gasteiger partial charge in [-0.15, -0.1) is 0 Å². The average molecular weight is 382 g/mol. The van der Waals surface area contributed by atoms with Crippen molar-refractivity contribution >= 4 is 50.9 Å². The minimum Gasteiger partial charge on any atom is -0.469 e. The Morgan fingerprint density at radius 3 is 2.92 bits per heavy atom. The van der Waals surface area contributed by atoms with E-state index < -0.39 is 0 Å². The predicted molar refractivity (Wildman–Crippen MR) is 105 cm³/mol. The van der Waals surface area contributed by atoms with E-state index in [4.69, 9.17) is 16.6 Å². The molecule has 26 heavy (non-hydrogen) atoms. The number of thiocarbonyl (C=S) groups is 1. The molecule has 1 aromatic carbocycles. The Hall–Kier alpha value is -2.64. The van der Waals surface area contributed by atoms with Gasteiger partial charge in [0, 0.05) is 41.7 Å². The second kappa shape index (κ2) is 6.93. The molecule has 7 heteroatoms. The average Bonchev–Trinajstić information content (AvgIpc) is 3.35. The van der Waals surface area contributed by atoms with Crippen LogP contribution in [0.5, 0.6) is 0 Å². The van der Waals surface area contributed by atoms with E-state index in [0.29, 0.717) is 27.8 Å². The van der Waals surface area contributed by atoms with Crippen LogP contribution < -0.4 is 0 Å². The van der Waals surface area contributed by atoms with Gasteiger partial charge in [-0.3, -0.25) is 14.5 Å². The SMILES string of the molecule is O=C(/C=C1\SC(=S)N(CCc2ccco2)C1=O)c1c[nH]c2ccccc12. The zero-order valence-electron chi connectivity index (χ0n) is 13.6. The van der Waals surface area contributed by atoms with E-state index in [2.05, 4.69) is 4.98 Å². The monoisotopic (exact) mass is 382 g/mol. The van der Waals surface area contributed by atoms with E-state index in [9.17, 15) is 9.59 Å². The number of fused-ring (bicyclic) bond motifs is 1. The highest BCUT2D eigenvalue weighted by atomic mass is 32.2. The van der Waals surface area contributed by atoms with Crippen LogP contribution in [0, 0.1) is 0 Å². The summed E-state index contributed by atoms with van der Waals surface area (Å²) >= 11 is 6.46. The Morgan fingerprint density at radius 1 is 1.27 bits per heavy atom. The number of hydrogen-bond acceptors (Lipinski definition) is 5. The van der Waals surface area contributed by atoms with E-state index in [1.807, 2.05) is 30.3 Å². The number of ketones is 1. The lowest BCUT2D eigenvalue weighted by molar-refractivity contribution is -0.122. The topological polar surface area (TPSA) is 66.3 Å². The molecule has 0 bridgehead atoms. The Labute approximate surface area is 159 Å². The first kappa shape index (κ1) is 16.8. The normalized spacial score (nSPS) is 16.2. The molecule has 3 aromatic rings. The summed E-state index contributed by atoms with van der Waals surface area (Å²) in [6.45, 7) is 0.427. The molecule has 1 saturated heterocycles. The quantitative estimate of drug-likeness (QED) is 0.411. The van der Waals surface area contributed by atoms with Crippen molar-refractivity contribution in [3.8, 4) is 0 Å². The molecular weight excluding hydrogens is 368 g/mol. The highest BCUT2D eigenvalue weighted by molar-refractivity contribution is 8.26. The molecule has 1 aliphatic heterocycles. The van der Waals surface area contributed by atoms with Gasteiger partial charge in [-0.1, -0.05) is 42.2 Å². The summed E-state index contributed by atoms with van der Waals surface area (Å²) in [5, 5.41) is 0.835. The van der Waals surface area contributed by atoms with Gasteiger partial charge < -0.3 is 9.40 Å². The van der Waals surface area contributed by atoms with Crippen LogP contribution in [0.4, 0.5) is 0 Å². The summed E-state index contributed by atoms with van der Waals surface area (Å²) in [7, 11) is 0. The van der Waals surface area contributed by atoms with Crippen LogP contribution in [0.15, 0.2) is 64.3 Å². The van der Waals surface area contributed by atoms with Gasteiger partial charge in [-0.05, 0) is 18.2 Å². The van der Waals surface area contributed by atoms with Gasteiger partial charge >= 0.3 is 0 Å². The summed E-state index contributed by atoms with van der Waals surface area (Å²) in [6, 6.07) is 11.2.